The Labute approximate surface area is 116 Å². The van der Waals surface area contributed by atoms with E-state index in [1.54, 1.807) is 6.08 Å². The number of carbonyl (C=O) groups is 1. The summed E-state index contributed by atoms with van der Waals surface area (Å²) in [7, 11) is 0. The van der Waals surface area contributed by atoms with Gasteiger partial charge in [0.25, 0.3) is 0 Å². The second kappa shape index (κ2) is 8.65. The molecule has 0 aromatic heterocycles. The first kappa shape index (κ1) is 15.6. The fourth-order valence-corrected chi connectivity index (χ4v) is 1.57. The number of rotatable bonds is 8. The number of allylic oxidation sites excluding steroid dienone is 2. The summed E-state index contributed by atoms with van der Waals surface area (Å²) >= 11 is 0. The molecule has 0 aliphatic carbocycles. The van der Waals surface area contributed by atoms with Gasteiger partial charge in [-0.25, -0.2) is 0 Å². The Morgan fingerprint density at radius 2 is 1.95 bits per heavy atom. The summed E-state index contributed by atoms with van der Waals surface area (Å²) in [6.07, 6.45) is 4.74. The van der Waals surface area contributed by atoms with Crippen LogP contribution in [0.15, 0.2) is 42.5 Å². The molecule has 0 aliphatic heterocycles. The van der Waals surface area contributed by atoms with Crippen molar-refractivity contribution in [3.63, 3.8) is 0 Å². The SMILES string of the molecule is CCC(C)/C=C/C(=O)[C@@H](C)COCc1ccccc1. The average molecular weight is 260 g/mol. The van der Waals surface area contributed by atoms with E-state index in [-0.39, 0.29) is 11.7 Å². The third-order valence-electron chi connectivity index (χ3n) is 3.20. The van der Waals surface area contributed by atoms with Crippen LogP contribution < -0.4 is 0 Å². The van der Waals surface area contributed by atoms with Crippen LogP contribution in [0.2, 0.25) is 0 Å². The highest BCUT2D eigenvalue weighted by Gasteiger charge is 2.10. The molecule has 19 heavy (non-hydrogen) atoms. The molecule has 0 aliphatic rings. The van der Waals surface area contributed by atoms with Gasteiger partial charge >= 0.3 is 0 Å². The van der Waals surface area contributed by atoms with Crippen LogP contribution in [0.4, 0.5) is 0 Å². The largest absolute Gasteiger partial charge is 0.376 e. The summed E-state index contributed by atoms with van der Waals surface area (Å²) in [5.74, 6) is 0.527. The molecular formula is C17H24O2. The first-order chi connectivity index (χ1) is 9.13. The highest BCUT2D eigenvalue weighted by molar-refractivity contribution is 5.91. The van der Waals surface area contributed by atoms with Crippen molar-refractivity contribution in [2.45, 2.75) is 33.8 Å². The van der Waals surface area contributed by atoms with E-state index in [0.717, 1.165) is 12.0 Å². The van der Waals surface area contributed by atoms with Gasteiger partial charge in [0, 0.05) is 5.92 Å². The molecule has 1 rings (SSSR count). The molecule has 0 saturated heterocycles. The molecule has 104 valence electrons. The second-order valence-electron chi connectivity index (χ2n) is 5.05. The Kier molecular flexibility index (Phi) is 7.12. The van der Waals surface area contributed by atoms with E-state index >= 15 is 0 Å². The Hall–Kier alpha value is -1.41. The maximum Gasteiger partial charge on any atom is 0.160 e. The smallest absolute Gasteiger partial charge is 0.160 e. The van der Waals surface area contributed by atoms with Crippen molar-refractivity contribution in [2.24, 2.45) is 11.8 Å². The van der Waals surface area contributed by atoms with Crippen LogP contribution >= 0.6 is 0 Å². The van der Waals surface area contributed by atoms with Gasteiger partial charge in [-0.1, -0.05) is 63.6 Å². The summed E-state index contributed by atoms with van der Waals surface area (Å²) in [4.78, 5) is 11.8. The van der Waals surface area contributed by atoms with Crippen LogP contribution in [-0.4, -0.2) is 12.4 Å². The Morgan fingerprint density at radius 1 is 1.26 bits per heavy atom. The van der Waals surface area contributed by atoms with Crippen LogP contribution in [0.1, 0.15) is 32.8 Å². The minimum atomic E-state index is -0.0796. The Morgan fingerprint density at radius 3 is 2.58 bits per heavy atom. The topological polar surface area (TPSA) is 26.3 Å². The van der Waals surface area contributed by atoms with Crippen molar-refractivity contribution in [2.75, 3.05) is 6.61 Å². The van der Waals surface area contributed by atoms with Crippen molar-refractivity contribution in [1.82, 2.24) is 0 Å². The van der Waals surface area contributed by atoms with Crippen molar-refractivity contribution in [3.8, 4) is 0 Å². The molecule has 0 spiro atoms. The van der Waals surface area contributed by atoms with Gasteiger partial charge in [0.15, 0.2) is 5.78 Å². The third-order valence-corrected chi connectivity index (χ3v) is 3.20. The van der Waals surface area contributed by atoms with E-state index in [0.29, 0.717) is 19.1 Å². The molecule has 0 fully saturated rings. The van der Waals surface area contributed by atoms with Crippen LogP contribution in [0.5, 0.6) is 0 Å². The third kappa shape index (κ3) is 6.35. The van der Waals surface area contributed by atoms with E-state index in [1.165, 1.54) is 0 Å². The number of hydrogen-bond acceptors (Lipinski definition) is 2. The van der Waals surface area contributed by atoms with Crippen molar-refractivity contribution in [1.29, 1.82) is 0 Å². The van der Waals surface area contributed by atoms with Crippen LogP contribution in [0.25, 0.3) is 0 Å². The van der Waals surface area contributed by atoms with E-state index < -0.39 is 0 Å². The van der Waals surface area contributed by atoms with Gasteiger partial charge in [0.05, 0.1) is 13.2 Å². The molecule has 0 heterocycles. The molecule has 2 atom stereocenters. The summed E-state index contributed by atoms with van der Waals surface area (Å²) in [5, 5.41) is 0. The number of ketones is 1. The second-order valence-corrected chi connectivity index (χ2v) is 5.05. The quantitative estimate of drug-likeness (QED) is 0.660. The number of carbonyl (C=O) groups excluding carboxylic acids is 1. The summed E-state index contributed by atoms with van der Waals surface area (Å²) in [6.45, 7) is 7.17. The van der Waals surface area contributed by atoms with Crippen molar-refractivity contribution in [3.05, 3.63) is 48.0 Å². The monoisotopic (exact) mass is 260 g/mol. The number of ether oxygens (including phenoxy) is 1. The van der Waals surface area contributed by atoms with Crippen molar-refractivity contribution < 1.29 is 9.53 Å². The highest BCUT2D eigenvalue weighted by atomic mass is 16.5. The zero-order valence-electron chi connectivity index (χ0n) is 12.1. The molecule has 2 heteroatoms. The molecule has 0 bridgehead atoms. The maximum atomic E-state index is 11.8. The molecule has 2 nitrogen and oxygen atoms in total. The Balaban J connectivity index is 2.29. The molecular weight excluding hydrogens is 236 g/mol. The molecule has 1 unspecified atom stereocenters. The molecule has 0 saturated carbocycles. The van der Waals surface area contributed by atoms with Crippen LogP contribution in [0.3, 0.4) is 0 Å². The number of hydrogen-bond donors (Lipinski definition) is 0. The molecule has 0 amide bonds. The average Bonchev–Trinajstić information content (AvgIpc) is 2.45. The molecule has 1 aromatic rings. The first-order valence-corrected chi connectivity index (χ1v) is 6.97. The van der Waals surface area contributed by atoms with E-state index in [4.69, 9.17) is 4.74 Å². The standard InChI is InChI=1S/C17H24O2/c1-4-14(2)10-11-17(18)15(3)12-19-13-16-8-6-5-7-9-16/h5-11,14-15H,4,12-13H2,1-3H3/b11-10+/t14?,15-/m0/s1. The maximum absolute atomic E-state index is 11.8. The van der Waals surface area contributed by atoms with Gasteiger partial charge in [0.2, 0.25) is 0 Å². The van der Waals surface area contributed by atoms with Gasteiger partial charge in [-0.3, -0.25) is 4.79 Å². The van der Waals surface area contributed by atoms with Gasteiger partial charge in [-0.15, -0.1) is 0 Å². The molecule has 0 N–H and O–H groups in total. The fraction of sp³-hybridized carbons (Fsp3) is 0.471. The van der Waals surface area contributed by atoms with Gasteiger partial charge in [-0.05, 0) is 17.6 Å². The van der Waals surface area contributed by atoms with Gasteiger partial charge in [-0.2, -0.15) is 0 Å². The van der Waals surface area contributed by atoms with E-state index in [9.17, 15) is 4.79 Å². The lowest BCUT2D eigenvalue weighted by atomic mass is 10.0. The predicted octanol–water partition coefficient (Wildman–Crippen LogP) is 4.01. The fourth-order valence-electron chi connectivity index (χ4n) is 1.57. The van der Waals surface area contributed by atoms with Crippen LogP contribution in [-0.2, 0) is 16.1 Å². The highest BCUT2D eigenvalue weighted by Crippen LogP contribution is 2.07. The normalized spacial score (nSPS) is 14.5. The number of benzene rings is 1. The Bertz CT molecular complexity index is 395. The predicted molar refractivity (Wildman–Crippen MR) is 78.9 cm³/mol. The summed E-state index contributed by atoms with van der Waals surface area (Å²) < 4.78 is 5.58. The lowest BCUT2D eigenvalue weighted by molar-refractivity contribution is -0.119. The summed E-state index contributed by atoms with van der Waals surface area (Å²) in [5.41, 5.74) is 1.14. The van der Waals surface area contributed by atoms with E-state index in [2.05, 4.69) is 13.8 Å². The first-order valence-electron chi connectivity index (χ1n) is 6.97. The zero-order valence-corrected chi connectivity index (χ0v) is 12.1. The van der Waals surface area contributed by atoms with Gasteiger partial charge < -0.3 is 4.74 Å². The lowest BCUT2D eigenvalue weighted by Gasteiger charge is -2.09. The molecule has 0 radical (unpaired) electrons. The van der Waals surface area contributed by atoms with Crippen LogP contribution in [0, 0.1) is 11.8 Å². The van der Waals surface area contributed by atoms with Gasteiger partial charge in [0.1, 0.15) is 0 Å². The lowest BCUT2D eigenvalue weighted by Crippen LogP contribution is -2.15. The summed E-state index contributed by atoms with van der Waals surface area (Å²) in [6, 6.07) is 10.0. The minimum Gasteiger partial charge on any atom is -0.376 e. The minimum absolute atomic E-state index is 0.0796. The molecule has 1 aromatic carbocycles. The van der Waals surface area contributed by atoms with Crippen molar-refractivity contribution >= 4 is 5.78 Å². The van der Waals surface area contributed by atoms with E-state index in [1.807, 2.05) is 43.3 Å². The zero-order chi connectivity index (χ0) is 14.1.